The largest absolute Gasteiger partial charge is 0.501 e. The van der Waals surface area contributed by atoms with Crippen molar-refractivity contribution in [2.75, 3.05) is 33.3 Å². The third-order valence-electron chi connectivity index (χ3n) is 5.57. The molecule has 0 aromatic rings. The summed E-state index contributed by atoms with van der Waals surface area (Å²) in [6.07, 6.45) is 15.7. The van der Waals surface area contributed by atoms with Crippen LogP contribution in [-0.2, 0) is 9.47 Å². The van der Waals surface area contributed by atoms with Gasteiger partial charge in [-0.3, -0.25) is 0 Å². The molecular weight excluding hydrogens is 364 g/mol. The van der Waals surface area contributed by atoms with Crippen LogP contribution in [0.4, 0.5) is 4.79 Å². The number of hydrogen-bond donors (Lipinski definition) is 0. The summed E-state index contributed by atoms with van der Waals surface area (Å²) >= 11 is 0. The lowest BCUT2D eigenvalue weighted by atomic mass is 9.94. The first-order valence-corrected chi connectivity index (χ1v) is 11.0. The lowest BCUT2D eigenvalue weighted by Gasteiger charge is -2.28. The second-order valence-electron chi connectivity index (χ2n) is 9.25. The van der Waals surface area contributed by atoms with Crippen LogP contribution in [0.2, 0.25) is 0 Å². The average molecular weight is 405 g/mol. The summed E-state index contributed by atoms with van der Waals surface area (Å²) in [7, 11) is 1.86. The van der Waals surface area contributed by atoms with Crippen molar-refractivity contribution in [3.05, 3.63) is 36.1 Å². The minimum atomic E-state index is -0.447. The fourth-order valence-corrected chi connectivity index (χ4v) is 3.85. The molecular formula is C24H40N2O3. The molecule has 1 saturated heterocycles. The van der Waals surface area contributed by atoms with Gasteiger partial charge in [-0.1, -0.05) is 24.3 Å². The number of allylic oxidation sites excluding steroid dienone is 5. The zero-order chi connectivity index (χ0) is 21.3. The van der Waals surface area contributed by atoms with Crippen molar-refractivity contribution in [3.8, 4) is 0 Å². The van der Waals surface area contributed by atoms with Gasteiger partial charge in [0.05, 0.1) is 12.9 Å². The Morgan fingerprint density at radius 2 is 2.14 bits per heavy atom. The van der Waals surface area contributed by atoms with Gasteiger partial charge in [-0.25, -0.2) is 4.79 Å². The van der Waals surface area contributed by atoms with Crippen molar-refractivity contribution in [2.45, 2.75) is 71.4 Å². The number of ether oxygens (including phenoxy) is 2. The molecule has 1 fully saturated rings. The van der Waals surface area contributed by atoms with Crippen LogP contribution in [0.1, 0.15) is 59.8 Å². The van der Waals surface area contributed by atoms with Gasteiger partial charge in [-0.15, -0.1) is 0 Å². The molecule has 2 rings (SSSR count). The molecule has 1 amide bonds. The molecule has 5 heteroatoms. The maximum absolute atomic E-state index is 12.3. The predicted octanol–water partition coefficient (Wildman–Crippen LogP) is 5.15. The van der Waals surface area contributed by atoms with Gasteiger partial charge < -0.3 is 19.3 Å². The average Bonchev–Trinajstić information content (AvgIpc) is 3.01. The first-order chi connectivity index (χ1) is 13.8. The quantitative estimate of drug-likeness (QED) is 0.550. The summed E-state index contributed by atoms with van der Waals surface area (Å²) in [5, 5.41) is 0. The first-order valence-electron chi connectivity index (χ1n) is 11.0. The van der Waals surface area contributed by atoms with Crippen molar-refractivity contribution in [3.63, 3.8) is 0 Å². The van der Waals surface area contributed by atoms with E-state index in [0.29, 0.717) is 5.92 Å². The SMILES string of the molecule is C/C=C\CC=CC1=COCCC(CCN2CCC(N(C)C(=O)OC(C)(C)C)C2)C1. The fraction of sp³-hybridized carbons (Fsp3) is 0.708. The molecule has 0 radical (unpaired) electrons. The van der Waals surface area contributed by atoms with E-state index in [4.69, 9.17) is 9.47 Å². The van der Waals surface area contributed by atoms with E-state index in [1.807, 2.05) is 41.0 Å². The van der Waals surface area contributed by atoms with E-state index in [1.54, 1.807) is 4.90 Å². The second-order valence-corrected chi connectivity index (χ2v) is 9.25. The molecule has 164 valence electrons. The Morgan fingerprint density at radius 1 is 1.34 bits per heavy atom. The lowest BCUT2D eigenvalue weighted by Crippen LogP contribution is -2.42. The number of hydrogen-bond acceptors (Lipinski definition) is 4. The molecule has 5 nitrogen and oxygen atoms in total. The van der Waals surface area contributed by atoms with Crippen LogP contribution in [-0.4, -0.2) is 60.8 Å². The van der Waals surface area contributed by atoms with Crippen LogP contribution in [0.5, 0.6) is 0 Å². The van der Waals surface area contributed by atoms with Crippen molar-refractivity contribution in [1.29, 1.82) is 0 Å². The molecule has 2 aliphatic rings. The number of likely N-dealkylation sites (N-methyl/N-ethyl adjacent to an activating group) is 1. The van der Waals surface area contributed by atoms with Gasteiger partial charge in [0.1, 0.15) is 5.60 Å². The van der Waals surface area contributed by atoms with Gasteiger partial charge in [-0.05, 0) is 77.8 Å². The highest BCUT2D eigenvalue weighted by Crippen LogP contribution is 2.25. The third-order valence-corrected chi connectivity index (χ3v) is 5.57. The lowest BCUT2D eigenvalue weighted by molar-refractivity contribution is 0.0228. The normalized spacial score (nSPS) is 23.8. The third kappa shape index (κ3) is 8.65. The van der Waals surface area contributed by atoms with Crippen molar-refractivity contribution < 1.29 is 14.3 Å². The van der Waals surface area contributed by atoms with E-state index < -0.39 is 5.60 Å². The maximum Gasteiger partial charge on any atom is 0.410 e. The summed E-state index contributed by atoms with van der Waals surface area (Å²) < 4.78 is 11.2. The zero-order valence-corrected chi connectivity index (χ0v) is 19.0. The summed E-state index contributed by atoms with van der Waals surface area (Å²) in [6.45, 7) is 11.7. The van der Waals surface area contributed by atoms with Gasteiger partial charge in [0.2, 0.25) is 0 Å². The van der Waals surface area contributed by atoms with E-state index in [-0.39, 0.29) is 12.1 Å². The molecule has 2 aliphatic heterocycles. The van der Waals surface area contributed by atoms with E-state index in [0.717, 1.165) is 51.9 Å². The van der Waals surface area contributed by atoms with Crippen LogP contribution in [0.3, 0.4) is 0 Å². The molecule has 0 aromatic heterocycles. The van der Waals surface area contributed by atoms with E-state index >= 15 is 0 Å². The Morgan fingerprint density at radius 3 is 2.86 bits per heavy atom. The molecule has 2 atom stereocenters. The number of rotatable bonds is 7. The highest BCUT2D eigenvalue weighted by Gasteiger charge is 2.31. The Balaban J connectivity index is 1.76. The Hall–Kier alpha value is -1.75. The highest BCUT2D eigenvalue weighted by molar-refractivity contribution is 5.68. The van der Waals surface area contributed by atoms with Crippen molar-refractivity contribution >= 4 is 6.09 Å². The van der Waals surface area contributed by atoms with E-state index in [9.17, 15) is 4.79 Å². The molecule has 0 aromatic carbocycles. The molecule has 0 N–H and O–H groups in total. The first kappa shape index (κ1) is 23.5. The minimum absolute atomic E-state index is 0.218. The summed E-state index contributed by atoms with van der Waals surface area (Å²) in [5.41, 5.74) is 0.846. The van der Waals surface area contributed by atoms with Crippen LogP contribution in [0, 0.1) is 5.92 Å². The van der Waals surface area contributed by atoms with Gasteiger partial charge in [-0.2, -0.15) is 0 Å². The number of carbonyl (C=O) groups excluding carboxylic acids is 1. The Labute approximate surface area is 177 Å². The van der Waals surface area contributed by atoms with Crippen molar-refractivity contribution in [1.82, 2.24) is 9.80 Å². The monoisotopic (exact) mass is 404 g/mol. The summed E-state index contributed by atoms with van der Waals surface area (Å²) in [5.74, 6) is 0.651. The van der Waals surface area contributed by atoms with Crippen molar-refractivity contribution in [2.24, 2.45) is 5.92 Å². The summed E-state index contributed by atoms with van der Waals surface area (Å²) in [6, 6.07) is 0.243. The number of carbonyl (C=O) groups is 1. The fourth-order valence-electron chi connectivity index (χ4n) is 3.85. The standard InChI is InChI=1S/C24H40N2O3/c1-6-7-8-9-10-21-17-20(13-16-28-19-21)11-14-26-15-12-22(18-26)25(5)23(27)29-24(2,3)4/h6-7,9-10,19-20,22H,8,11-18H2,1-5H3/b7-6-,10-9?. The number of likely N-dealkylation sites (tertiary alicyclic amines) is 1. The van der Waals surface area contributed by atoms with Gasteiger partial charge in [0, 0.05) is 26.2 Å². The van der Waals surface area contributed by atoms with Gasteiger partial charge in [0.25, 0.3) is 0 Å². The van der Waals surface area contributed by atoms with Crippen LogP contribution < -0.4 is 0 Å². The van der Waals surface area contributed by atoms with E-state index in [2.05, 4.69) is 29.2 Å². The molecule has 0 aliphatic carbocycles. The molecule has 0 bridgehead atoms. The minimum Gasteiger partial charge on any atom is -0.501 e. The molecule has 0 saturated carbocycles. The molecule has 2 unspecified atom stereocenters. The van der Waals surface area contributed by atoms with Crippen LogP contribution in [0.25, 0.3) is 0 Å². The molecule has 2 heterocycles. The molecule has 29 heavy (non-hydrogen) atoms. The van der Waals surface area contributed by atoms with Gasteiger partial charge in [0.15, 0.2) is 0 Å². The van der Waals surface area contributed by atoms with Crippen LogP contribution >= 0.6 is 0 Å². The number of amides is 1. The Kier molecular flexibility index (Phi) is 9.28. The second kappa shape index (κ2) is 11.4. The highest BCUT2D eigenvalue weighted by atomic mass is 16.6. The Bertz CT molecular complexity index is 604. The van der Waals surface area contributed by atoms with E-state index in [1.165, 1.54) is 12.0 Å². The van der Waals surface area contributed by atoms with Gasteiger partial charge >= 0.3 is 6.09 Å². The smallest absolute Gasteiger partial charge is 0.410 e. The predicted molar refractivity (Wildman–Crippen MR) is 119 cm³/mol. The zero-order valence-electron chi connectivity index (χ0n) is 19.0. The number of nitrogens with zero attached hydrogens (tertiary/aromatic N) is 2. The maximum atomic E-state index is 12.3. The summed E-state index contributed by atoms with van der Waals surface area (Å²) in [4.78, 5) is 16.6. The van der Waals surface area contributed by atoms with Crippen LogP contribution in [0.15, 0.2) is 36.1 Å². The molecule has 0 spiro atoms. The topological polar surface area (TPSA) is 42.0 Å².